The van der Waals surface area contributed by atoms with Crippen LogP contribution >= 0.6 is 15.9 Å². The Morgan fingerprint density at radius 1 is 1.31 bits per heavy atom. The number of aromatic nitrogens is 2. The maximum atomic E-state index is 5.97. The van der Waals surface area contributed by atoms with E-state index in [-0.39, 0.29) is 0 Å². The van der Waals surface area contributed by atoms with Gasteiger partial charge in [-0.2, -0.15) is 0 Å². The van der Waals surface area contributed by atoms with Crippen molar-refractivity contribution in [3.63, 3.8) is 0 Å². The van der Waals surface area contributed by atoms with E-state index < -0.39 is 0 Å². The molecule has 3 rings (SSSR count). The Labute approximate surface area is 103 Å². The number of benzene rings is 1. The average Bonchev–Trinajstić information content (AvgIpc) is 2.63. The highest BCUT2D eigenvalue weighted by atomic mass is 79.9. The molecule has 1 aliphatic heterocycles. The molecule has 1 aromatic heterocycles. The Kier molecular flexibility index (Phi) is 2.05. The minimum atomic E-state index is 0.650. The van der Waals surface area contributed by atoms with E-state index in [0.29, 0.717) is 5.95 Å². The summed E-state index contributed by atoms with van der Waals surface area (Å²) in [5.41, 5.74) is 12.2. The van der Waals surface area contributed by atoms with Crippen molar-refractivity contribution in [2.24, 2.45) is 0 Å². The van der Waals surface area contributed by atoms with E-state index in [1.807, 2.05) is 0 Å². The van der Waals surface area contributed by atoms with Crippen LogP contribution in [-0.2, 0) is 13.0 Å². The van der Waals surface area contributed by atoms with Crippen LogP contribution in [0.3, 0.4) is 0 Å². The van der Waals surface area contributed by atoms with Crippen molar-refractivity contribution >= 4 is 32.9 Å². The fourth-order valence-electron chi connectivity index (χ4n) is 2.68. The van der Waals surface area contributed by atoms with Gasteiger partial charge in [0.2, 0.25) is 5.95 Å². The molecule has 0 fully saturated rings. The van der Waals surface area contributed by atoms with E-state index >= 15 is 0 Å². The number of nitrogen functional groups attached to an aromatic ring is 1. The Hall–Kier alpha value is -1.03. The largest absolute Gasteiger partial charge is 0.369 e. The van der Waals surface area contributed by atoms with Gasteiger partial charge in [-0.1, -0.05) is 15.9 Å². The van der Waals surface area contributed by atoms with Crippen LogP contribution in [0.5, 0.6) is 0 Å². The van der Waals surface area contributed by atoms with E-state index in [1.54, 1.807) is 0 Å². The predicted octanol–water partition coefficient (Wildman–Crippen LogP) is 2.94. The summed E-state index contributed by atoms with van der Waals surface area (Å²) in [5, 5.41) is 0. The van der Waals surface area contributed by atoms with Crippen LogP contribution in [0.1, 0.15) is 23.1 Å². The molecule has 1 aromatic carbocycles. The zero-order chi connectivity index (χ0) is 11.4. The second kappa shape index (κ2) is 3.23. The summed E-state index contributed by atoms with van der Waals surface area (Å²) >= 11 is 3.66. The number of imidazole rings is 1. The maximum Gasteiger partial charge on any atom is 0.201 e. The van der Waals surface area contributed by atoms with E-state index in [9.17, 15) is 0 Å². The van der Waals surface area contributed by atoms with Crippen molar-refractivity contribution in [1.82, 2.24) is 9.55 Å². The molecule has 0 saturated carbocycles. The minimum Gasteiger partial charge on any atom is -0.369 e. The lowest BCUT2D eigenvalue weighted by atomic mass is 9.97. The predicted molar refractivity (Wildman–Crippen MR) is 69.6 cm³/mol. The van der Waals surface area contributed by atoms with E-state index in [0.717, 1.165) is 24.9 Å². The number of halogens is 1. The molecule has 1 aliphatic rings. The molecule has 0 radical (unpaired) electrons. The Morgan fingerprint density at radius 2 is 2.06 bits per heavy atom. The second-order valence-corrected chi connectivity index (χ2v) is 5.26. The molecule has 16 heavy (non-hydrogen) atoms. The molecular formula is C12H14BrN3. The number of aryl methyl sites for hydroxylation is 3. The zero-order valence-electron chi connectivity index (χ0n) is 9.47. The first kappa shape index (κ1) is 10.1. The Balaban J connectivity index is 2.57. The summed E-state index contributed by atoms with van der Waals surface area (Å²) < 4.78 is 3.34. The summed E-state index contributed by atoms with van der Waals surface area (Å²) in [6.45, 7) is 5.27. The standard InChI is InChI=1S/C12H14BrN3/c1-6-8-4-3-5-16-11(8)10(15-12(16)14)7(2)9(6)13/h3-5H2,1-2H3,(H2,14,15). The first-order valence-corrected chi connectivity index (χ1v) is 6.33. The molecule has 2 aromatic rings. The SMILES string of the molecule is Cc1c(Br)c(C)c2nc(N)n3c2c1CCC3. The fourth-order valence-corrected chi connectivity index (χ4v) is 3.11. The summed E-state index contributed by atoms with van der Waals surface area (Å²) in [6.07, 6.45) is 2.28. The molecule has 4 heteroatoms. The third-order valence-corrected chi connectivity index (χ3v) is 4.75. The number of nitrogens with two attached hydrogens (primary N) is 1. The van der Waals surface area contributed by atoms with E-state index in [4.69, 9.17) is 5.73 Å². The molecule has 0 bridgehead atoms. The van der Waals surface area contributed by atoms with Crippen LogP contribution in [0.25, 0.3) is 11.0 Å². The molecule has 0 unspecified atom stereocenters. The van der Waals surface area contributed by atoms with Gasteiger partial charge >= 0.3 is 0 Å². The smallest absolute Gasteiger partial charge is 0.201 e. The van der Waals surface area contributed by atoms with Crippen molar-refractivity contribution in [3.8, 4) is 0 Å². The lowest BCUT2D eigenvalue weighted by Gasteiger charge is -2.19. The Bertz CT molecular complexity index is 598. The zero-order valence-corrected chi connectivity index (χ0v) is 11.1. The van der Waals surface area contributed by atoms with Gasteiger partial charge in [-0.25, -0.2) is 4.98 Å². The number of anilines is 1. The van der Waals surface area contributed by atoms with Crippen LogP contribution in [0.15, 0.2) is 4.47 Å². The summed E-state index contributed by atoms with van der Waals surface area (Å²) in [5.74, 6) is 0.650. The van der Waals surface area contributed by atoms with Crippen LogP contribution < -0.4 is 5.73 Å². The number of nitrogens with zero attached hydrogens (tertiary/aromatic N) is 2. The highest BCUT2D eigenvalue weighted by Crippen LogP contribution is 2.37. The molecule has 0 aliphatic carbocycles. The van der Waals surface area contributed by atoms with Gasteiger partial charge in [0.15, 0.2) is 0 Å². The number of hydrogen-bond acceptors (Lipinski definition) is 2. The normalized spacial score (nSPS) is 14.7. The average molecular weight is 280 g/mol. The molecule has 84 valence electrons. The topological polar surface area (TPSA) is 43.8 Å². The van der Waals surface area contributed by atoms with Crippen LogP contribution in [0.4, 0.5) is 5.95 Å². The van der Waals surface area contributed by atoms with Gasteiger partial charge in [0.25, 0.3) is 0 Å². The van der Waals surface area contributed by atoms with Gasteiger partial charge in [-0.3, -0.25) is 0 Å². The molecule has 2 heterocycles. The summed E-state index contributed by atoms with van der Waals surface area (Å²) in [7, 11) is 0. The highest BCUT2D eigenvalue weighted by molar-refractivity contribution is 9.10. The fraction of sp³-hybridized carbons (Fsp3) is 0.417. The maximum absolute atomic E-state index is 5.97. The van der Waals surface area contributed by atoms with Gasteiger partial charge in [-0.05, 0) is 43.4 Å². The van der Waals surface area contributed by atoms with Gasteiger partial charge in [0, 0.05) is 11.0 Å². The van der Waals surface area contributed by atoms with Gasteiger partial charge in [0.05, 0.1) is 11.0 Å². The van der Waals surface area contributed by atoms with Crippen LogP contribution in [-0.4, -0.2) is 9.55 Å². The molecule has 3 nitrogen and oxygen atoms in total. The molecule has 0 spiro atoms. The molecule has 0 amide bonds. The third kappa shape index (κ3) is 1.11. The summed E-state index contributed by atoms with van der Waals surface area (Å²) in [4.78, 5) is 4.50. The van der Waals surface area contributed by atoms with E-state index in [2.05, 4.69) is 39.3 Å². The van der Waals surface area contributed by atoms with Crippen molar-refractivity contribution in [2.45, 2.75) is 33.2 Å². The number of rotatable bonds is 0. The lowest BCUT2D eigenvalue weighted by Crippen LogP contribution is -2.11. The third-order valence-electron chi connectivity index (χ3n) is 3.56. The molecular weight excluding hydrogens is 266 g/mol. The van der Waals surface area contributed by atoms with Crippen LogP contribution in [0.2, 0.25) is 0 Å². The monoisotopic (exact) mass is 279 g/mol. The van der Waals surface area contributed by atoms with Crippen molar-refractivity contribution in [3.05, 3.63) is 21.2 Å². The molecule has 0 saturated heterocycles. The lowest BCUT2D eigenvalue weighted by molar-refractivity contribution is 0.637. The summed E-state index contributed by atoms with van der Waals surface area (Å²) in [6, 6.07) is 0. The van der Waals surface area contributed by atoms with Crippen molar-refractivity contribution in [1.29, 1.82) is 0 Å². The van der Waals surface area contributed by atoms with Gasteiger partial charge in [0.1, 0.15) is 0 Å². The highest BCUT2D eigenvalue weighted by Gasteiger charge is 2.22. The first-order valence-electron chi connectivity index (χ1n) is 5.54. The van der Waals surface area contributed by atoms with Gasteiger partial charge in [-0.15, -0.1) is 0 Å². The quantitative estimate of drug-likeness (QED) is 0.806. The van der Waals surface area contributed by atoms with Gasteiger partial charge < -0.3 is 10.3 Å². The van der Waals surface area contributed by atoms with Crippen LogP contribution in [0, 0.1) is 13.8 Å². The Morgan fingerprint density at radius 3 is 2.81 bits per heavy atom. The van der Waals surface area contributed by atoms with E-state index in [1.165, 1.54) is 26.7 Å². The first-order chi connectivity index (χ1) is 7.61. The second-order valence-electron chi connectivity index (χ2n) is 4.46. The number of hydrogen-bond donors (Lipinski definition) is 1. The van der Waals surface area contributed by atoms with Crippen molar-refractivity contribution in [2.75, 3.05) is 5.73 Å². The van der Waals surface area contributed by atoms with Crippen molar-refractivity contribution < 1.29 is 0 Å². The molecule has 0 atom stereocenters. The molecule has 2 N–H and O–H groups in total. The minimum absolute atomic E-state index is 0.650.